The van der Waals surface area contributed by atoms with Gasteiger partial charge in [-0.05, 0) is 54.4 Å². The van der Waals surface area contributed by atoms with Crippen molar-refractivity contribution in [1.29, 1.82) is 0 Å². The van der Waals surface area contributed by atoms with Crippen LogP contribution in [0.3, 0.4) is 0 Å². The third-order valence-corrected chi connectivity index (χ3v) is 5.98. The smallest absolute Gasteiger partial charge is 0.335 e. The third-order valence-electron chi connectivity index (χ3n) is 4.66. The molecule has 8 heteroatoms. The van der Waals surface area contributed by atoms with Crippen molar-refractivity contribution in [2.75, 3.05) is 6.61 Å². The van der Waals surface area contributed by atoms with E-state index < -0.39 is 5.97 Å². The third kappa shape index (κ3) is 6.62. The summed E-state index contributed by atoms with van der Waals surface area (Å²) in [5.74, 6) is 0.318. The molecule has 0 spiro atoms. The van der Waals surface area contributed by atoms with Gasteiger partial charge in [0.15, 0.2) is 11.5 Å². The highest BCUT2D eigenvalue weighted by Gasteiger charge is 2.12. The average Bonchev–Trinajstić information content (AvgIpc) is 2.76. The van der Waals surface area contributed by atoms with Crippen LogP contribution in [0.2, 0.25) is 10.0 Å². The van der Waals surface area contributed by atoms with Crippen molar-refractivity contribution in [2.45, 2.75) is 26.6 Å². The van der Waals surface area contributed by atoms with Gasteiger partial charge in [0.25, 0.3) is 0 Å². The van der Waals surface area contributed by atoms with Crippen molar-refractivity contribution in [3.05, 3.63) is 91.4 Å². The highest BCUT2D eigenvalue weighted by molar-refractivity contribution is 9.10. The van der Waals surface area contributed by atoms with Crippen LogP contribution in [0, 0.1) is 0 Å². The van der Waals surface area contributed by atoms with Crippen LogP contribution in [-0.4, -0.2) is 17.7 Å². The number of carboxylic acids is 1. The van der Waals surface area contributed by atoms with Gasteiger partial charge < -0.3 is 19.9 Å². The first-order chi connectivity index (χ1) is 15.4. The molecule has 0 aromatic heterocycles. The minimum absolute atomic E-state index is 0.272. The lowest BCUT2D eigenvalue weighted by atomic mass is 10.1. The van der Waals surface area contributed by atoms with Gasteiger partial charge in [0.05, 0.1) is 12.2 Å². The van der Waals surface area contributed by atoms with E-state index in [2.05, 4.69) is 21.2 Å². The molecule has 0 aliphatic rings. The fourth-order valence-electron chi connectivity index (χ4n) is 2.99. The molecule has 0 aliphatic carbocycles. The molecule has 0 bridgehead atoms. The van der Waals surface area contributed by atoms with Gasteiger partial charge in [-0.15, -0.1) is 0 Å². The second-order valence-corrected chi connectivity index (χ2v) is 8.65. The number of nitrogens with one attached hydrogen (secondary N) is 1. The zero-order valence-corrected chi connectivity index (χ0v) is 20.4. The van der Waals surface area contributed by atoms with Crippen LogP contribution in [0.5, 0.6) is 11.5 Å². The maximum absolute atomic E-state index is 11.0. The van der Waals surface area contributed by atoms with E-state index in [9.17, 15) is 4.79 Å². The molecule has 0 heterocycles. The van der Waals surface area contributed by atoms with Gasteiger partial charge in [-0.2, -0.15) is 0 Å². The van der Waals surface area contributed by atoms with Crippen LogP contribution in [-0.2, 0) is 19.7 Å². The van der Waals surface area contributed by atoms with E-state index >= 15 is 0 Å². The summed E-state index contributed by atoms with van der Waals surface area (Å²) in [6.07, 6.45) is 0. The summed E-state index contributed by atoms with van der Waals surface area (Å²) in [6.45, 7) is 3.89. The summed E-state index contributed by atoms with van der Waals surface area (Å²) in [7, 11) is 0. The average molecular weight is 539 g/mol. The zero-order valence-electron chi connectivity index (χ0n) is 17.3. The number of hydrogen-bond donors (Lipinski definition) is 2. The molecular weight excluding hydrogens is 517 g/mol. The number of ether oxygens (including phenoxy) is 2. The molecule has 3 aromatic rings. The molecule has 0 amide bonds. The van der Waals surface area contributed by atoms with Crippen molar-refractivity contribution >= 4 is 45.1 Å². The van der Waals surface area contributed by atoms with Crippen LogP contribution in [0.15, 0.2) is 59.1 Å². The second kappa shape index (κ2) is 11.6. The van der Waals surface area contributed by atoms with E-state index in [4.69, 9.17) is 37.8 Å². The molecule has 0 unspecified atom stereocenters. The number of rotatable bonds is 10. The molecule has 3 rings (SSSR count). The van der Waals surface area contributed by atoms with Gasteiger partial charge in [-0.1, -0.05) is 57.3 Å². The Labute approximate surface area is 205 Å². The van der Waals surface area contributed by atoms with Crippen molar-refractivity contribution in [1.82, 2.24) is 5.32 Å². The number of benzene rings is 3. The Morgan fingerprint density at radius 2 is 1.69 bits per heavy atom. The molecule has 2 N–H and O–H groups in total. The molecule has 0 saturated heterocycles. The SMILES string of the molecule is CCOc1cc(CNCc2ccc(C(=O)O)cc2)c(Br)cc1OCc1ccc(Cl)cc1Cl. The van der Waals surface area contributed by atoms with Crippen molar-refractivity contribution < 1.29 is 19.4 Å². The van der Waals surface area contributed by atoms with E-state index in [-0.39, 0.29) is 12.2 Å². The highest BCUT2D eigenvalue weighted by Crippen LogP contribution is 2.35. The van der Waals surface area contributed by atoms with Crippen LogP contribution in [0.1, 0.15) is 34.0 Å². The topological polar surface area (TPSA) is 67.8 Å². The Kier molecular flexibility index (Phi) is 8.82. The van der Waals surface area contributed by atoms with Gasteiger partial charge >= 0.3 is 5.97 Å². The molecule has 5 nitrogen and oxygen atoms in total. The Balaban J connectivity index is 1.66. The zero-order chi connectivity index (χ0) is 23.1. The van der Waals surface area contributed by atoms with Crippen LogP contribution >= 0.6 is 39.1 Å². The Hall–Kier alpha value is -2.25. The van der Waals surface area contributed by atoms with Gasteiger partial charge in [0.2, 0.25) is 0 Å². The van der Waals surface area contributed by atoms with E-state index in [0.29, 0.717) is 41.2 Å². The first-order valence-corrected chi connectivity index (χ1v) is 11.5. The molecule has 0 atom stereocenters. The highest BCUT2D eigenvalue weighted by atomic mass is 79.9. The molecule has 32 heavy (non-hydrogen) atoms. The molecular formula is C24H22BrCl2NO4. The summed E-state index contributed by atoms with van der Waals surface area (Å²) >= 11 is 15.8. The Morgan fingerprint density at radius 1 is 0.969 bits per heavy atom. The molecule has 0 fully saturated rings. The minimum Gasteiger partial charge on any atom is -0.490 e. The van der Waals surface area contributed by atoms with Crippen LogP contribution in [0.4, 0.5) is 0 Å². The maximum atomic E-state index is 11.0. The normalized spacial score (nSPS) is 10.8. The van der Waals surface area contributed by atoms with Gasteiger partial charge in [0.1, 0.15) is 6.61 Å². The summed E-state index contributed by atoms with van der Waals surface area (Å²) in [5.41, 5.74) is 3.10. The van der Waals surface area contributed by atoms with Gasteiger partial charge in [-0.25, -0.2) is 4.79 Å². The quantitative estimate of drug-likeness (QED) is 0.300. The molecule has 168 valence electrons. The van der Waals surface area contributed by atoms with Crippen molar-refractivity contribution in [2.24, 2.45) is 0 Å². The maximum Gasteiger partial charge on any atom is 0.335 e. The van der Waals surface area contributed by atoms with E-state index in [1.807, 2.05) is 25.1 Å². The van der Waals surface area contributed by atoms with E-state index in [0.717, 1.165) is 21.2 Å². The monoisotopic (exact) mass is 537 g/mol. The van der Waals surface area contributed by atoms with E-state index in [1.54, 1.807) is 36.4 Å². The standard InChI is InChI=1S/C24H22BrCl2NO4/c1-2-31-22-9-18(13-28-12-15-3-5-16(6-4-15)24(29)30)20(25)11-23(22)32-14-17-7-8-19(26)10-21(17)27/h3-11,28H,2,12-14H2,1H3,(H,29,30). The Morgan fingerprint density at radius 3 is 2.34 bits per heavy atom. The predicted molar refractivity (Wildman–Crippen MR) is 130 cm³/mol. The number of carbonyl (C=O) groups is 1. The first kappa shape index (κ1) is 24.4. The molecule has 0 saturated carbocycles. The lowest BCUT2D eigenvalue weighted by Crippen LogP contribution is -2.13. The van der Waals surface area contributed by atoms with E-state index in [1.165, 1.54) is 0 Å². The fraction of sp³-hybridized carbons (Fsp3) is 0.208. The summed E-state index contributed by atoms with van der Waals surface area (Å²) in [4.78, 5) is 11.0. The fourth-order valence-corrected chi connectivity index (χ4v) is 3.92. The lowest BCUT2D eigenvalue weighted by molar-refractivity contribution is 0.0697. The minimum atomic E-state index is -0.933. The van der Waals surface area contributed by atoms with Crippen LogP contribution < -0.4 is 14.8 Å². The Bertz CT molecular complexity index is 1090. The number of aromatic carboxylic acids is 1. The first-order valence-electron chi connectivity index (χ1n) is 9.92. The molecule has 3 aromatic carbocycles. The lowest BCUT2D eigenvalue weighted by Gasteiger charge is -2.16. The summed E-state index contributed by atoms with van der Waals surface area (Å²) in [5, 5.41) is 13.5. The summed E-state index contributed by atoms with van der Waals surface area (Å²) in [6, 6.07) is 15.9. The molecule has 0 radical (unpaired) electrons. The number of hydrogen-bond acceptors (Lipinski definition) is 4. The molecule has 0 aliphatic heterocycles. The van der Waals surface area contributed by atoms with Crippen molar-refractivity contribution in [3.63, 3.8) is 0 Å². The number of halogens is 3. The van der Waals surface area contributed by atoms with Crippen LogP contribution in [0.25, 0.3) is 0 Å². The van der Waals surface area contributed by atoms with Gasteiger partial charge in [0, 0.05) is 33.2 Å². The predicted octanol–water partition coefficient (Wildman–Crippen LogP) is 6.72. The van der Waals surface area contributed by atoms with Crippen molar-refractivity contribution in [3.8, 4) is 11.5 Å². The van der Waals surface area contributed by atoms with Gasteiger partial charge in [-0.3, -0.25) is 0 Å². The summed E-state index contributed by atoms with van der Waals surface area (Å²) < 4.78 is 12.7. The largest absolute Gasteiger partial charge is 0.490 e. The second-order valence-electron chi connectivity index (χ2n) is 6.95. The number of carboxylic acid groups (broad SMARTS) is 1.